The minimum absolute atomic E-state index is 0.831. The molecule has 0 amide bonds. The normalized spacial score (nSPS) is 10.1. The minimum Gasteiger partial charge on any atom is -0.496 e. The largest absolute Gasteiger partial charge is 0.496 e. The van der Waals surface area contributed by atoms with Crippen LogP contribution < -0.4 is 4.74 Å². The zero-order valence-corrected chi connectivity index (χ0v) is 12.7. The number of benzene rings is 1. The smallest absolute Gasteiger partial charge is 0.124 e. The standard InChI is InChI=1S/C13H16OS3/c1-5-12(15)17-16-8-11-6-9(2)13(14-4)10(3)7-11/h5-7H,1,8H2,2-4H3. The maximum absolute atomic E-state index is 5.34. The summed E-state index contributed by atoms with van der Waals surface area (Å²) in [6, 6.07) is 4.33. The van der Waals surface area contributed by atoms with Crippen LogP contribution in [0.1, 0.15) is 16.7 Å². The van der Waals surface area contributed by atoms with Gasteiger partial charge in [0.25, 0.3) is 0 Å². The fourth-order valence-electron chi connectivity index (χ4n) is 1.63. The van der Waals surface area contributed by atoms with Gasteiger partial charge in [0.05, 0.1) is 11.3 Å². The second-order valence-corrected chi connectivity index (χ2v) is 6.67. The van der Waals surface area contributed by atoms with Crippen molar-refractivity contribution in [3.05, 3.63) is 41.5 Å². The third-order valence-electron chi connectivity index (χ3n) is 2.26. The summed E-state index contributed by atoms with van der Waals surface area (Å²) >= 11 is 5.07. The first-order valence-electron chi connectivity index (χ1n) is 5.18. The van der Waals surface area contributed by atoms with E-state index in [0.29, 0.717) is 0 Å². The van der Waals surface area contributed by atoms with Crippen molar-refractivity contribution >= 4 is 38.0 Å². The Balaban J connectivity index is 2.67. The fraction of sp³-hybridized carbons (Fsp3) is 0.308. The number of hydrogen-bond acceptors (Lipinski definition) is 4. The molecule has 0 unspecified atom stereocenters. The summed E-state index contributed by atoms with van der Waals surface area (Å²) in [7, 11) is 5.04. The Labute approximate surface area is 116 Å². The molecule has 0 aliphatic rings. The van der Waals surface area contributed by atoms with Gasteiger partial charge in [-0.15, -0.1) is 0 Å². The molecule has 0 N–H and O–H groups in total. The van der Waals surface area contributed by atoms with Gasteiger partial charge in [0.15, 0.2) is 0 Å². The predicted octanol–water partition coefficient (Wildman–Crippen LogP) is 4.71. The quantitative estimate of drug-likeness (QED) is 0.440. The lowest BCUT2D eigenvalue weighted by molar-refractivity contribution is 0.408. The van der Waals surface area contributed by atoms with Crippen LogP contribution in [0.3, 0.4) is 0 Å². The van der Waals surface area contributed by atoms with Gasteiger partial charge < -0.3 is 4.74 Å². The van der Waals surface area contributed by atoms with Gasteiger partial charge in [-0.25, -0.2) is 0 Å². The molecule has 0 atom stereocenters. The highest BCUT2D eigenvalue weighted by molar-refractivity contribution is 8.83. The Morgan fingerprint density at radius 2 is 2.00 bits per heavy atom. The van der Waals surface area contributed by atoms with E-state index >= 15 is 0 Å². The van der Waals surface area contributed by atoms with Gasteiger partial charge in [-0.3, -0.25) is 0 Å². The molecule has 0 fully saturated rings. The van der Waals surface area contributed by atoms with Crippen LogP contribution in [-0.4, -0.2) is 11.3 Å². The summed E-state index contributed by atoms with van der Waals surface area (Å²) < 4.78 is 6.18. The summed E-state index contributed by atoms with van der Waals surface area (Å²) in [5.74, 6) is 1.91. The lowest BCUT2D eigenvalue weighted by Crippen LogP contribution is -1.93. The fourth-order valence-corrected chi connectivity index (χ4v) is 3.75. The van der Waals surface area contributed by atoms with Gasteiger partial charge in [-0.1, -0.05) is 41.7 Å². The van der Waals surface area contributed by atoms with E-state index in [9.17, 15) is 0 Å². The van der Waals surface area contributed by atoms with Crippen molar-refractivity contribution in [1.29, 1.82) is 0 Å². The van der Waals surface area contributed by atoms with Crippen LogP contribution in [0.2, 0.25) is 0 Å². The summed E-state index contributed by atoms with van der Waals surface area (Å²) in [5, 5.41) is 0. The number of hydrogen-bond donors (Lipinski definition) is 0. The summed E-state index contributed by atoms with van der Waals surface area (Å²) in [5.41, 5.74) is 3.66. The van der Waals surface area contributed by atoms with Crippen molar-refractivity contribution in [3.63, 3.8) is 0 Å². The predicted molar refractivity (Wildman–Crippen MR) is 84.1 cm³/mol. The molecule has 1 nitrogen and oxygen atoms in total. The van der Waals surface area contributed by atoms with Crippen LogP contribution in [-0.2, 0) is 5.75 Å². The van der Waals surface area contributed by atoms with Gasteiger partial charge in [0, 0.05) is 5.75 Å². The molecule has 0 spiro atoms. The van der Waals surface area contributed by atoms with E-state index in [4.69, 9.17) is 17.0 Å². The van der Waals surface area contributed by atoms with Gasteiger partial charge in [-0.2, -0.15) is 0 Å². The highest BCUT2D eigenvalue weighted by atomic mass is 33.1. The van der Waals surface area contributed by atoms with Crippen LogP contribution in [0, 0.1) is 13.8 Å². The number of aryl methyl sites for hydroxylation is 2. The average Bonchev–Trinajstić information content (AvgIpc) is 2.28. The number of rotatable bonds is 5. The van der Waals surface area contributed by atoms with Gasteiger partial charge in [-0.05, 0) is 47.4 Å². The highest BCUT2D eigenvalue weighted by Crippen LogP contribution is 2.31. The maximum Gasteiger partial charge on any atom is 0.124 e. The van der Waals surface area contributed by atoms with Gasteiger partial charge >= 0.3 is 0 Å². The van der Waals surface area contributed by atoms with E-state index in [-0.39, 0.29) is 0 Å². The van der Waals surface area contributed by atoms with E-state index in [0.717, 1.165) is 15.7 Å². The first kappa shape index (κ1) is 14.6. The molecule has 0 heterocycles. The molecule has 0 saturated heterocycles. The second-order valence-electron chi connectivity index (χ2n) is 3.63. The molecule has 0 bridgehead atoms. The molecule has 92 valence electrons. The van der Waals surface area contributed by atoms with E-state index < -0.39 is 0 Å². The molecular formula is C13H16OS3. The summed E-state index contributed by atoms with van der Waals surface area (Å²) in [6.07, 6.45) is 1.71. The monoisotopic (exact) mass is 284 g/mol. The lowest BCUT2D eigenvalue weighted by atomic mass is 10.1. The second kappa shape index (κ2) is 7.09. The Bertz CT molecular complexity index is 404. The van der Waals surface area contributed by atoms with Gasteiger partial charge in [0.2, 0.25) is 0 Å². The van der Waals surface area contributed by atoms with Crippen molar-refractivity contribution in [3.8, 4) is 5.75 Å². The van der Waals surface area contributed by atoms with Crippen LogP contribution in [0.25, 0.3) is 0 Å². The van der Waals surface area contributed by atoms with E-state index in [1.807, 2.05) is 0 Å². The molecule has 1 rings (SSSR count). The zero-order chi connectivity index (χ0) is 12.8. The SMILES string of the molecule is C=CC(=S)SSCc1cc(C)c(OC)c(C)c1. The van der Waals surface area contributed by atoms with Crippen molar-refractivity contribution < 1.29 is 4.74 Å². The molecule has 0 radical (unpaired) electrons. The minimum atomic E-state index is 0.831. The van der Waals surface area contributed by atoms with Crippen molar-refractivity contribution in [2.75, 3.05) is 7.11 Å². The zero-order valence-electron chi connectivity index (χ0n) is 10.3. The number of ether oxygens (including phenoxy) is 1. The van der Waals surface area contributed by atoms with Crippen molar-refractivity contribution in [1.82, 2.24) is 0 Å². The molecule has 1 aromatic carbocycles. The first-order chi connectivity index (χ1) is 8.08. The van der Waals surface area contributed by atoms with E-state index in [2.05, 4.69) is 32.6 Å². The Hall–Kier alpha value is -0.450. The lowest BCUT2D eigenvalue weighted by Gasteiger charge is -2.10. The Morgan fingerprint density at radius 1 is 1.41 bits per heavy atom. The van der Waals surface area contributed by atoms with E-state index in [1.54, 1.807) is 34.8 Å². The molecule has 17 heavy (non-hydrogen) atoms. The average molecular weight is 284 g/mol. The number of methoxy groups -OCH3 is 1. The molecule has 0 aliphatic heterocycles. The van der Waals surface area contributed by atoms with Crippen LogP contribution in [0.4, 0.5) is 0 Å². The van der Waals surface area contributed by atoms with Gasteiger partial charge in [0.1, 0.15) is 5.75 Å². The molecule has 0 aliphatic carbocycles. The molecular weight excluding hydrogens is 268 g/mol. The van der Waals surface area contributed by atoms with Crippen LogP contribution >= 0.6 is 33.8 Å². The Morgan fingerprint density at radius 3 is 2.47 bits per heavy atom. The van der Waals surface area contributed by atoms with E-state index in [1.165, 1.54) is 16.7 Å². The summed E-state index contributed by atoms with van der Waals surface area (Å²) in [4.78, 5) is 0. The molecule has 0 aromatic heterocycles. The van der Waals surface area contributed by atoms with Crippen LogP contribution in [0.5, 0.6) is 5.75 Å². The molecule has 4 heteroatoms. The third kappa shape index (κ3) is 4.37. The van der Waals surface area contributed by atoms with Crippen LogP contribution in [0.15, 0.2) is 24.8 Å². The van der Waals surface area contributed by atoms with Crippen molar-refractivity contribution in [2.24, 2.45) is 0 Å². The molecule has 0 saturated carbocycles. The van der Waals surface area contributed by atoms with Crippen molar-refractivity contribution in [2.45, 2.75) is 19.6 Å². The third-order valence-corrected chi connectivity index (χ3v) is 5.14. The highest BCUT2D eigenvalue weighted by Gasteiger charge is 2.05. The molecule has 1 aromatic rings. The Kier molecular flexibility index (Phi) is 6.09. The topological polar surface area (TPSA) is 9.23 Å². The maximum atomic E-state index is 5.34. The number of thiocarbonyl (C=S) groups is 1. The first-order valence-corrected chi connectivity index (χ1v) is 7.91. The summed E-state index contributed by atoms with van der Waals surface area (Å²) in [6.45, 7) is 7.79.